The highest BCUT2D eigenvalue weighted by Crippen LogP contribution is 2.40. The quantitative estimate of drug-likeness (QED) is 0.666. The maximum atomic E-state index is 13.1. The van der Waals surface area contributed by atoms with Crippen LogP contribution in [0.15, 0.2) is 57.4 Å². The van der Waals surface area contributed by atoms with Crippen LogP contribution in [0.3, 0.4) is 0 Å². The minimum Gasteiger partial charge on any atom is -0.466 e. The molecule has 0 saturated carbocycles. The molecule has 0 unspecified atom stereocenters. The second-order valence-electron chi connectivity index (χ2n) is 7.01. The summed E-state index contributed by atoms with van der Waals surface area (Å²) in [7, 11) is 4.32. The van der Waals surface area contributed by atoms with Gasteiger partial charge in [-0.15, -0.1) is 0 Å². The average molecular weight is 392 g/mol. The molecule has 2 aromatic heterocycles. The van der Waals surface area contributed by atoms with Gasteiger partial charge in [0, 0.05) is 31.4 Å². The number of methoxy groups -OCH3 is 1. The first-order valence-electron chi connectivity index (χ1n) is 9.05. The minimum atomic E-state index is -0.686. The van der Waals surface area contributed by atoms with Crippen molar-refractivity contribution in [1.29, 1.82) is 0 Å². The molecule has 0 bridgehead atoms. The molecule has 8 heteroatoms. The Labute approximate surface area is 166 Å². The molecule has 0 amide bonds. The Kier molecular flexibility index (Phi) is 4.34. The van der Waals surface area contributed by atoms with Gasteiger partial charge in [0.2, 0.25) is 0 Å². The van der Waals surface area contributed by atoms with E-state index in [-0.39, 0.29) is 0 Å². The van der Waals surface area contributed by atoms with E-state index in [9.17, 15) is 14.4 Å². The van der Waals surface area contributed by atoms with E-state index in [1.54, 1.807) is 20.2 Å². The van der Waals surface area contributed by atoms with Crippen molar-refractivity contribution < 1.29 is 9.53 Å². The van der Waals surface area contributed by atoms with Gasteiger partial charge in [-0.3, -0.25) is 18.9 Å². The van der Waals surface area contributed by atoms with Gasteiger partial charge in [-0.25, -0.2) is 9.59 Å². The van der Waals surface area contributed by atoms with Crippen molar-refractivity contribution in [2.75, 3.05) is 12.4 Å². The van der Waals surface area contributed by atoms with Crippen molar-refractivity contribution in [3.05, 3.63) is 79.8 Å². The van der Waals surface area contributed by atoms with Gasteiger partial charge < -0.3 is 10.1 Å². The highest BCUT2D eigenvalue weighted by Gasteiger charge is 2.37. The zero-order valence-electron chi connectivity index (χ0n) is 16.5. The molecule has 29 heavy (non-hydrogen) atoms. The van der Waals surface area contributed by atoms with Crippen LogP contribution in [0.5, 0.6) is 0 Å². The molecule has 1 aromatic carbocycles. The lowest BCUT2D eigenvalue weighted by atomic mass is 9.82. The van der Waals surface area contributed by atoms with Crippen molar-refractivity contribution >= 4 is 22.7 Å². The lowest BCUT2D eigenvalue weighted by Gasteiger charge is -2.30. The monoisotopic (exact) mass is 392 g/mol. The Balaban J connectivity index is 2.09. The molecular formula is C21H20N4O4. The summed E-state index contributed by atoms with van der Waals surface area (Å²) < 4.78 is 7.44. The molecule has 1 aliphatic rings. The summed E-state index contributed by atoms with van der Waals surface area (Å²) in [5.41, 5.74) is 1.83. The van der Waals surface area contributed by atoms with E-state index < -0.39 is 23.1 Å². The Morgan fingerprint density at radius 3 is 2.66 bits per heavy atom. The molecule has 148 valence electrons. The third kappa shape index (κ3) is 2.75. The number of nitrogens with one attached hydrogen (secondary N) is 1. The van der Waals surface area contributed by atoms with Crippen LogP contribution >= 0.6 is 0 Å². The molecule has 3 aromatic rings. The van der Waals surface area contributed by atoms with E-state index in [4.69, 9.17) is 4.74 Å². The lowest BCUT2D eigenvalue weighted by Crippen LogP contribution is -2.43. The predicted molar refractivity (Wildman–Crippen MR) is 109 cm³/mol. The van der Waals surface area contributed by atoms with Crippen LogP contribution in [0.4, 0.5) is 5.82 Å². The fraction of sp³-hybridized carbons (Fsp3) is 0.238. The maximum Gasteiger partial charge on any atom is 0.336 e. The summed E-state index contributed by atoms with van der Waals surface area (Å²) in [6, 6.07) is 9.34. The molecule has 4 rings (SSSR count). The highest BCUT2D eigenvalue weighted by atomic mass is 16.5. The number of carbonyl (C=O) groups is 1. The standard InChI is InChI=1S/C21H20N4O4/c1-11-15(20(27)29-4)16(13-7-8-14-12(10-13)6-5-9-22-14)17-18(23-11)24(2)21(28)25(3)19(17)26/h5-10,16,23H,1-4H3/t16-/m1/s1. The van der Waals surface area contributed by atoms with Gasteiger partial charge in [0.1, 0.15) is 5.82 Å². The molecule has 1 N–H and O–H groups in total. The third-order valence-corrected chi connectivity index (χ3v) is 5.35. The van der Waals surface area contributed by atoms with Crippen molar-refractivity contribution in [1.82, 2.24) is 14.1 Å². The van der Waals surface area contributed by atoms with Crippen LogP contribution in [-0.2, 0) is 23.6 Å². The number of carbonyl (C=O) groups excluding carboxylic acids is 1. The number of benzene rings is 1. The van der Waals surface area contributed by atoms with Gasteiger partial charge in [-0.05, 0) is 30.7 Å². The van der Waals surface area contributed by atoms with Crippen molar-refractivity contribution in [2.45, 2.75) is 12.8 Å². The number of rotatable bonds is 2. The zero-order valence-corrected chi connectivity index (χ0v) is 16.5. The summed E-state index contributed by atoms with van der Waals surface area (Å²) in [6.45, 7) is 1.73. The molecule has 0 aliphatic carbocycles. The highest BCUT2D eigenvalue weighted by molar-refractivity contribution is 5.94. The van der Waals surface area contributed by atoms with E-state index in [1.807, 2.05) is 30.3 Å². The number of allylic oxidation sites excluding steroid dienone is 1. The smallest absolute Gasteiger partial charge is 0.336 e. The molecule has 0 spiro atoms. The molecule has 3 heterocycles. The third-order valence-electron chi connectivity index (χ3n) is 5.35. The largest absolute Gasteiger partial charge is 0.466 e. The Bertz CT molecular complexity index is 1320. The number of esters is 1. The molecular weight excluding hydrogens is 372 g/mol. The Morgan fingerprint density at radius 2 is 1.93 bits per heavy atom. The number of hydrogen-bond donors (Lipinski definition) is 1. The van der Waals surface area contributed by atoms with Crippen molar-refractivity contribution in [3.8, 4) is 0 Å². The van der Waals surface area contributed by atoms with Crippen LogP contribution < -0.4 is 16.6 Å². The number of anilines is 1. The Hall–Kier alpha value is -3.68. The Morgan fingerprint density at radius 1 is 1.17 bits per heavy atom. The summed E-state index contributed by atoms with van der Waals surface area (Å²) >= 11 is 0. The summed E-state index contributed by atoms with van der Waals surface area (Å²) in [5.74, 6) is -0.846. The average Bonchev–Trinajstić information content (AvgIpc) is 2.74. The second-order valence-corrected chi connectivity index (χ2v) is 7.01. The number of hydrogen-bond acceptors (Lipinski definition) is 6. The van der Waals surface area contributed by atoms with E-state index in [1.165, 1.54) is 18.7 Å². The van der Waals surface area contributed by atoms with Gasteiger partial charge in [-0.2, -0.15) is 0 Å². The van der Waals surface area contributed by atoms with Crippen LogP contribution in [0.2, 0.25) is 0 Å². The van der Waals surface area contributed by atoms with E-state index in [2.05, 4.69) is 10.3 Å². The first-order valence-corrected chi connectivity index (χ1v) is 9.05. The first kappa shape index (κ1) is 18.7. The fourth-order valence-electron chi connectivity index (χ4n) is 3.88. The van der Waals surface area contributed by atoms with Gasteiger partial charge in [0.15, 0.2) is 0 Å². The topological polar surface area (TPSA) is 95.2 Å². The molecule has 0 fully saturated rings. The zero-order chi connectivity index (χ0) is 20.9. The van der Waals surface area contributed by atoms with Gasteiger partial charge in [-0.1, -0.05) is 12.1 Å². The SMILES string of the molecule is COC(=O)C1=C(C)Nc2c(c(=O)n(C)c(=O)n2C)[C@@H]1c1ccc2ncccc2c1. The number of nitrogens with zero attached hydrogens (tertiary/aromatic N) is 3. The van der Waals surface area contributed by atoms with Crippen LogP contribution in [0.25, 0.3) is 10.9 Å². The van der Waals surface area contributed by atoms with Gasteiger partial charge in [0.25, 0.3) is 5.56 Å². The summed E-state index contributed by atoms with van der Waals surface area (Å²) in [6.07, 6.45) is 1.71. The van der Waals surface area contributed by atoms with Crippen LogP contribution in [0, 0.1) is 0 Å². The number of fused-ring (bicyclic) bond motifs is 2. The van der Waals surface area contributed by atoms with Crippen molar-refractivity contribution in [3.63, 3.8) is 0 Å². The van der Waals surface area contributed by atoms with Crippen LogP contribution in [0.1, 0.15) is 24.0 Å². The van der Waals surface area contributed by atoms with Gasteiger partial charge in [0.05, 0.1) is 29.7 Å². The normalized spacial score (nSPS) is 15.8. The van der Waals surface area contributed by atoms with E-state index in [0.717, 1.165) is 21.0 Å². The van der Waals surface area contributed by atoms with E-state index >= 15 is 0 Å². The maximum absolute atomic E-state index is 13.1. The van der Waals surface area contributed by atoms with Crippen molar-refractivity contribution in [2.24, 2.45) is 14.1 Å². The number of pyridine rings is 1. The summed E-state index contributed by atoms with van der Waals surface area (Å²) in [5, 5.41) is 3.94. The molecule has 1 aliphatic heterocycles. The summed E-state index contributed by atoms with van der Waals surface area (Å²) in [4.78, 5) is 42.5. The molecule has 0 radical (unpaired) electrons. The molecule has 1 atom stereocenters. The number of ether oxygens (including phenoxy) is 1. The van der Waals surface area contributed by atoms with Crippen LogP contribution in [-0.4, -0.2) is 27.2 Å². The minimum absolute atomic E-state index is 0.323. The second kappa shape index (κ2) is 6.73. The molecule has 8 nitrogen and oxygen atoms in total. The first-order chi connectivity index (χ1) is 13.8. The van der Waals surface area contributed by atoms with Gasteiger partial charge >= 0.3 is 11.7 Å². The molecule has 0 saturated heterocycles. The fourth-order valence-corrected chi connectivity index (χ4v) is 3.88. The van der Waals surface area contributed by atoms with E-state index in [0.29, 0.717) is 22.7 Å². The predicted octanol–water partition coefficient (Wildman–Crippen LogP) is 1.64. The number of aromatic nitrogens is 3. The lowest BCUT2D eigenvalue weighted by molar-refractivity contribution is -0.136.